The number of rotatable bonds is 5. The van der Waals surface area contributed by atoms with Crippen molar-refractivity contribution >= 4 is 0 Å². The van der Waals surface area contributed by atoms with E-state index in [4.69, 9.17) is 5.73 Å². The summed E-state index contributed by atoms with van der Waals surface area (Å²) in [7, 11) is 0. The Labute approximate surface area is 101 Å². The van der Waals surface area contributed by atoms with Crippen molar-refractivity contribution in [3.63, 3.8) is 0 Å². The Morgan fingerprint density at radius 3 is 2.33 bits per heavy atom. The smallest absolute Gasteiger partial charge is 0.428 e. The molecule has 3 nitrogen and oxygen atoms in total. The summed E-state index contributed by atoms with van der Waals surface area (Å²) in [5.74, 6) is -0.476. The van der Waals surface area contributed by atoms with Gasteiger partial charge in [-0.15, -0.1) is 0 Å². The molecule has 0 heterocycles. The predicted molar refractivity (Wildman–Crippen MR) is 56.6 cm³/mol. The molecule has 0 radical (unpaired) electrons. The molecule has 0 fully saturated rings. The Hall–Kier alpha value is -1.34. The SMILES string of the molecule is C[C@@H](O)[C@@H](N)c1ccccc1OC(F)(F)C(F)F. The van der Waals surface area contributed by atoms with Crippen molar-refractivity contribution in [2.45, 2.75) is 31.6 Å². The minimum Gasteiger partial charge on any atom is -0.428 e. The second-order valence-electron chi connectivity index (χ2n) is 3.77. The Morgan fingerprint density at radius 1 is 1.28 bits per heavy atom. The maximum absolute atomic E-state index is 12.8. The van der Waals surface area contributed by atoms with E-state index >= 15 is 0 Å². The highest BCUT2D eigenvalue weighted by Gasteiger charge is 2.44. The molecule has 0 unspecified atom stereocenters. The molecule has 0 spiro atoms. The highest BCUT2D eigenvalue weighted by atomic mass is 19.3. The summed E-state index contributed by atoms with van der Waals surface area (Å²) in [4.78, 5) is 0. The molecule has 0 bridgehead atoms. The molecule has 1 aromatic carbocycles. The molecular weight excluding hydrogens is 254 g/mol. The Balaban J connectivity index is 3.03. The minimum absolute atomic E-state index is 0.0350. The standard InChI is InChI=1S/C11H13F4NO2/c1-6(17)9(16)7-4-2-3-5-8(7)18-11(14,15)10(12)13/h2-6,9-10,17H,16H2,1H3/t6-,9-/m1/s1. The Bertz CT molecular complexity index is 398. The molecule has 0 aliphatic carbocycles. The van der Waals surface area contributed by atoms with Crippen molar-refractivity contribution in [2.24, 2.45) is 5.73 Å². The fourth-order valence-corrected chi connectivity index (χ4v) is 1.30. The summed E-state index contributed by atoms with van der Waals surface area (Å²) in [5.41, 5.74) is 5.61. The zero-order valence-electron chi connectivity index (χ0n) is 9.49. The molecule has 0 aromatic heterocycles. The fraction of sp³-hybridized carbons (Fsp3) is 0.455. The highest BCUT2D eigenvalue weighted by molar-refractivity contribution is 5.36. The molecule has 0 aliphatic rings. The van der Waals surface area contributed by atoms with E-state index in [1.807, 2.05) is 0 Å². The van der Waals surface area contributed by atoms with Crippen LogP contribution in [0.5, 0.6) is 5.75 Å². The molecule has 0 aliphatic heterocycles. The molecule has 2 atom stereocenters. The van der Waals surface area contributed by atoms with Crippen molar-refractivity contribution in [1.29, 1.82) is 0 Å². The zero-order valence-corrected chi connectivity index (χ0v) is 9.49. The molecule has 1 aromatic rings. The largest absolute Gasteiger partial charge is 0.461 e. The molecular formula is C11H13F4NO2. The quantitative estimate of drug-likeness (QED) is 0.805. The van der Waals surface area contributed by atoms with Crippen molar-refractivity contribution < 1.29 is 27.4 Å². The predicted octanol–water partition coefficient (Wildman–Crippen LogP) is 2.30. The van der Waals surface area contributed by atoms with Crippen LogP contribution in [0.1, 0.15) is 18.5 Å². The van der Waals surface area contributed by atoms with Gasteiger partial charge in [0.1, 0.15) is 5.75 Å². The lowest BCUT2D eigenvalue weighted by atomic mass is 10.0. The number of para-hydroxylation sites is 1. The van der Waals surface area contributed by atoms with Gasteiger partial charge >= 0.3 is 12.5 Å². The monoisotopic (exact) mass is 267 g/mol. The number of hydrogen-bond acceptors (Lipinski definition) is 3. The Morgan fingerprint density at radius 2 is 1.83 bits per heavy atom. The van der Waals surface area contributed by atoms with Gasteiger partial charge in [0.2, 0.25) is 0 Å². The average Bonchev–Trinajstić information content (AvgIpc) is 2.28. The van der Waals surface area contributed by atoms with Crippen LogP contribution in [0.4, 0.5) is 17.6 Å². The van der Waals surface area contributed by atoms with Gasteiger partial charge in [0.05, 0.1) is 12.1 Å². The number of nitrogens with two attached hydrogens (primary N) is 1. The lowest BCUT2D eigenvalue weighted by Crippen LogP contribution is -2.34. The first-order chi connectivity index (χ1) is 8.25. The van der Waals surface area contributed by atoms with Crippen LogP contribution in [0.25, 0.3) is 0 Å². The van der Waals surface area contributed by atoms with E-state index in [-0.39, 0.29) is 5.56 Å². The van der Waals surface area contributed by atoms with Crippen molar-refractivity contribution in [2.75, 3.05) is 0 Å². The van der Waals surface area contributed by atoms with Gasteiger partial charge in [0.15, 0.2) is 0 Å². The average molecular weight is 267 g/mol. The second kappa shape index (κ2) is 5.53. The number of halogens is 4. The number of ether oxygens (including phenoxy) is 1. The zero-order chi connectivity index (χ0) is 13.9. The summed E-state index contributed by atoms with van der Waals surface area (Å²) >= 11 is 0. The third kappa shape index (κ3) is 3.33. The van der Waals surface area contributed by atoms with Gasteiger partial charge in [-0.2, -0.15) is 17.6 Å². The van der Waals surface area contributed by atoms with Gasteiger partial charge in [-0.25, -0.2) is 0 Å². The van der Waals surface area contributed by atoms with Crippen LogP contribution >= 0.6 is 0 Å². The van der Waals surface area contributed by atoms with Gasteiger partial charge in [0.25, 0.3) is 0 Å². The van der Waals surface area contributed by atoms with E-state index in [0.29, 0.717) is 0 Å². The lowest BCUT2D eigenvalue weighted by Gasteiger charge is -2.22. The van der Waals surface area contributed by atoms with Gasteiger partial charge < -0.3 is 15.6 Å². The highest BCUT2D eigenvalue weighted by Crippen LogP contribution is 2.32. The van der Waals surface area contributed by atoms with Crippen LogP contribution in [0, 0.1) is 0 Å². The van der Waals surface area contributed by atoms with Gasteiger partial charge in [-0.1, -0.05) is 18.2 Å². The number of benzene rings is 1. The molecule has 0 saturated heterocycles. The van der Waals surface area contributed by atoms with Crippen LogP contribution in [-0.4, -0.2) is 23.7 Å². The normalized spacial score (nSPS) is 15.6. The third-order valence-corrected chi connectivity index (χ3v) is 2.30. The van der Waals surface area contributed by atoms with E-state index in [1.54, 1.807) is 0 Å². The van der Waals surface area contributed by atoms with Crippen LogP contribution < -0.4 is 10.5 Å². The van der Waals surface area contributed by atoms with Crippen LogP contribution in [0.2, 0.25) is 0 Å². The molecule has 0 saturated carbocycles. The lowest BCUT2D eigenvalue weighted by molar-refractivity contribution is -0.253. The maximum Gasteiger partial charge on any atom is 0.461 e. The second-order valence-corrected chi connectivity index (χ2v) is 3.77. The van der Waals surface area contributed by atoms with E-state index in [0.717, 1.165) is 6.07 Å². The first-order valence-electron chi connectivity index (χ1n) is 5.13. The van der Waals surface area contributed by atoms with E-state index < -0.39 is 30.4 Å². The first kappa shape index (κ1) is 14.7. The van der Waals surface area contributed by atoms with Crippen LogP contribution in [0.15, 0.2) is 24.3 Å². The van der Waals surface area contributed by atoms with Crippen molar-refractivity contribution in [3.05, 3.63) is 29.8 Å². The number of hydrogen-bond donors (Lipinski definition) is 2. The summed E-state index contributed by atoms with van der Waals surface area (Å²) in [6.45, 7) is 1.35. The summed E-state index contributed by atoms with van der Waals surface area (Å²) in [6, 6.07) is 4.23. The number of aliphatic hydroxyl groups excluding tert-OH is 1. The van der Waals surface area contributed by atoms with Crippen LogP contribution in [-0.2, 0) is 0 Å². The van der Waals surface area contributed by atoms with E-state index in [9.17, 15) is 22.7 Å². The van der Waals surface area contributed by atoms with Crippen molar-refractivity contribution in [1.82, 2.24) is 0 Å². The van der Waals surface area contributed by atoms with Crippen LogP contribution in [0.3, 0.4) is 0 Å². The number of aliphatic hydroxyl groups is 1. The number of alkyl halides is 4. The fourth-order valence-electron chi connectivity index (χ4n) is 1.30. The van der Waals surface area contributed by atoms with Gasteiger partial charge in [0, 0.05) is 5.56 Å². The Kier molecular flexibility index (Phi) is 4.53. The van der Waals surface area contributed by atoms with E-state index in [1.165, 1.54) is 25.1 Å². The van der Waals surface area contributed by atoms with E-state index in [2.05, 4.69) is 4.74 Å². The molecule has 1 rings (SSSR count). The molecule has 7 heteroatoms. The summed E-state index contributed by atoms with van der Waals surface area (Å²) < 4.78 is 53.7. The van der Waals surface area contributed by atoms with Crippen molar-refractivity contribution in [3.8, 4) is 5.75 Å². The van der Waals surface area contributed by atoms with Gasteiger partial charge in [-0.3, -0.25) is 0 Å². The topological polar surface area (TPSA) is 55.5 Å². The maximum atomic E-state index is 12.8. The molecule has 0 amide bonds. The third-order valence-electron chi connectivity index (χ3n) is 2.30. The summed E-state index contributed by atoms with van der Waals surface area (Å²) in [5, 5.41) is 9.29. The summed E-state index contributed by atoms with van der Waals surface area (Å²) in [6.07, 6.45) is -9.59. The molecule has 18 heavy (non-hydrogen) atoms. The van der Waals surface area contributed by atoms with Gasteiger partial charge in [-0.05, 0) is 13.0 Å². The molecule has 102 valence electrons. The minimum atomic E-state index is -4.60. The first-order valence-corrected chi connectivity index (χ1v) is 5.13. The molecule has 3 N–H and O–H groups in total.